The second kappa shape index (κ2) is 14.7. The summed E-state index contributed by atoms with van der Waals surface area (Å²) in [5, 5.41) is 1.97. The molecule has 0 bridgehead atoms. The summed E-state index contributed by atoms with van der Waals surface area (Å²) in [4.78, 5) is 2.15. The molecule has 25 heavy (non-hydrogen) atoms. The Morgan fingerprint density at radius 2 is 0.640 bits per heavy atom. The topological polar surface area (TPSA) is 0 Å². The van der Waals surface area contributed by atoms with E-state index in [2.05, 4.69) is 0 Å². The van der Waals surface area contributed by atoms with Crippen molar-refractivity contribution < 1.29 is 46.9 Å². The van der Waals surface area contributed by atoms with Crippen molar-refractivity contribution in [1.29, 1.82) is 0 Å². The Kier molecular flexibility index (Phi) is 15.1. The fourth-order valence-corrected chi connectivity index (χ4v) is 2.18. The van der Waals surface area contributed by atoms with Crippen molar-refractivity contribution in [3.05, 3.63) is 87.9 Å². The fraction of sp³-hybridized carbons (Fsp3) is 0. The second-order valence-electron chi connectivity index (χ2n) is 4.29. The summed E-state index contributed by atoms with van der Waals surface area (Å²) in [6.07, 6.45) is 0. The van der Waals surface area contributed by atoms with Gasteiger partial charge in [0.25, 0.3) is 0 Å². The summed E-state index contributed by atoms with van der Waals surface area (Å²) < 4.78 is 0. The van der Waals surface area contributed by atoms with Gasteiger partial charge in [0.05, 0.1) is 0 Å². The van der Waals surface area contributed by atoms with E-state index in [1.165, 1.54) is 0 Å². The van der Waals surface area contributed by atoms with E-state index in [0.717, 1.165) is 0 Å². The molecule has 3 aromatic carbocycles. The molecule has 3 rings (SSSR count). The Bertz CT molecular complexity index is 603. The van der Waals surface area contributed by atoms with Crippen LogP contribution in [0.4, 0.5) is 0 Å². The van der Waals surface area contributed by atoms with E-state index < -0.39 is 0 Å². The van der Waals surface area contributed by atoms with E-state index in [4.69, 9.17) is 72.7 Å². The largest absolute Gasteiger partial charge is 3.00 e. The Morgan fingerprint density at radius 1 is 0.440 bits per heavy atom. The van der Waals surface area contributed by atoms with Crippen molar-refractivity contribution in [2.24, 2.45) is 0 Å². The van der Waals surface area contributed by atoms with Crippen LogP contribution in [0, 0.1) is 46.9 Å². The van der Waals surface area contributed by atoms with Crippen LogP contribution in [0.1, 0.15) is 0 Å². The van der Waals surface area contributed by atoms with Crippen LogP contribution in [0.2, 0.25) is 15.1 Å². The minimum absolute atomic E-state index is 0. The zero-order valence-corrected chi connectivity index (χ0v) is 19.0. The fourth-order valence-electron chi connectivity index (χ4n) is 1.33. The van der Waals surface area contributed by atoms with Crippen LogP contribution < -0.4 is 0 Å². The maximum Gasteiger partial charge on any atom is 3.00 e. The molecule has 1 radical (unpaired) electrons. The Morgan fingerprint density at radius 3 is 0.760 bits per heavy atom. The summed E-state index contributed by atoms with van der Waals surface area (Å²) >= 11 is 31.3. The monoisotopic (exact) mass is 603 g/mol. The molecule has 0 aliphatic carbocycles. The zero-order valence-electron chi connectivity index (χ0n) is 12.6. The minimum Gasteiger partial charge on any atom is -0.778 e. The van der Waals surface area contributed by atoms with Gasteiger partial charge >= 0.3 is 46.9 Å². The summed E-state index contributed by atoms with van der Waals surface area (Å²) in [7, 11) is 0. The van der Waals surface area contributed by atoms with E-state index in [9.17, 15) is 0 Å². The Hall–Kier alpha value is 0.709. The average molecular weight is 604 g/mol. The van der Waals surface area contributed by atoms with Crippen molar-refractivity contribution in [2.75, 3.05) is 0 Å². The molecule has 0 N–H and O–H groups in total. The third-order valence-corrected chi connectivity index (χ3v) is 4.90. The number of hydrogen-bond acceptors (Lipinski definition) is 3. The summed E-state index contributed by atoms with van der Waals surface area (Å²) in [6.45, 7) is 0. The van der Waals surface area contributed by atoms with E-state index in [0.29, 0.717) is 29.8 Å². The second-order valence-corrected chi connectivity index (χ2v) is 6.83. The maximum atomic E-state index is 5.60. The molecular weight excluding hydrogens is 592 g/mol. The van der Waals surface area contributed by atoms with Gasteiger partial charge in [-0.2, -0.15) is 14.7 Å². The normalized spacial score (nSPS) is 8.76. The van der Waals surface area contributed by atoms with Gasteiger partial charge in [0.15, 0.2) is 0 Å². The SMILES string of the molecule is [S-]c1ccccc1Cl.[S-]c1ccccc1Cl.[S-]c1ccccc1Cl.[Yb+3]. The van der Waals surface area contributed by atoms with Crippen LogP contribution >= 0.6 is 34.8 Å². The van der Waals surface area contributed by atoms with Crippen molar-refractivity contribution in [1.82, 2.24) is 0 Å². The third-order valence-electron chi connectivity index (χ3n) is 2.51. The quantitative estimate of drug-likeness (QED) is 0.262. The first-order valence-corrected chi connectivity index (χ1v) is 9.02. The first-order valence-electron chi connectivity index (χ1n) is 6.66. The zero-order chi connectivity index (χ0) is 17.9. The predicted molar refractivity (Wildman–Crippen MR) is 111 cm³/mol. The summed E-state index contributed by atoms with van der Waals surface area (Å²) in [5.74, 6) is 0. The maximum absolute atomic E-state index is 5.60. The van der Waals surface area contributed by atoms with Gasteiger partial charge in [-0.25, -0.2) is 0 Å². The molecule has 0 saturated carbocycles. The smallest absolute Gasteiger partial charge is 0.778 e. The molecular formula is C18H12Cl3S3Yb. The van der Waals surface area contributed by atoms with E-state index in [1.807, 2.05) is 36.4 Å². The molecule has 0 aliphatic heterocycles. The van der Waals surface area contributed by atoms with Crippen molar-refractivity contribution in [3.63, 3.8) is 0 Å². The van der Waals surface area contributed by atoms with Crippen molar-refractivity contribution in [2.45, 2.75) is 14.7 Å². The van der Waals surface area contributed by atoms with Crippen LogP contribution in [0.25, 0.3) is 0 Å². The molecule has 0 aliphatic rings. The molecule has 0 aromatic heterocycles. The molecule has 7 heteroatoms. The molecule has 0 unspecified atom stereocenters. The van der Waals surface area contributed by atoms with E-state index >= 15 is 0 Å². The van der Waals surface area contributed by atoms with E-state index in [1.54, 1.807) is 36.4 Å². The minimum atomic E-state index is 0. The van der Waals surface area contributed by atoms with Gasteiger partial charge in [-0.05, 0) is 18.2 Å². The van der Waals surface area contributed by atoms with Crippen LogP contribution in [-0.2, 0) is 37.9 Å². The van der Waals surface area contributed by atoms with Gasteiger partial charge < -0.3 is 37.9 Å². The Balaban J connectivity index is 0.000000339. The number of rotatable bonds is 0. The van der Waals surface area contributed by atoms with Gasteiger partial charge in [-0.15, -0.1) is 0 Å². The van der Waals surface area contributed by atoms with E-state index in [-0.39, 0.29) is 46.9 Å². The molecule has 137 valence electrons. The molecule has 0 atom stereocenters. The van der Waals surface area contributed by atoms with Crippen molar-refractivity contribution in [3.8, 4) is 0 Å². The van der Waals surface area contributed by atoms with Crippen LogP contribution in [0.15, 0.2) is 87.5 Å². The molecule has 0 heterocycles. The van der Waals surface area contributed by atoms with Gasteiger partial charge in [0.1, 0.15) is 0 Å². The first kappa shape index (κ1) is 25.7. The number of benzene rings is 3. The predicted octanol–water partition coefficient (Wildman–Crippen LogP) is 6.74. The van der Waals surface area contributed by atoms with Gasteiger partial charge in [0, 0.05) is 15.1 Å². The number of halogens is 3. The Labute approximate surface area is 219 Å². The summed E-state index contributed by atoms with van der Waals surface area (Å²) in [6, 6.07) is 21.9. The summed E-state index contributed by atoms with van der Waals surface area (Å²) in [5.41, 5.74) is 0. The van der Waals surface area contributed by atoms with Crippen molar-refractivity contribution >= 4 is 72.7 Å². The standard InChI is InChI=1S/3C6H5ClS.Yb/c3*7-5-3-1-2-4-6(5)8;/h3*1-4,8H;/q;;;+3/p-3. The van der Waals surface area contributed by atoms with Crippen LogP contribution in [-0.4, -0.2) is 0 Å². The number of hydrogen-bond donors (Lipinski definition) is 0. The molecule has 0 spiro atoms. The van der Waals surface area contributed by atoms with Gasteiger partial charge in [-0.1, -0.05) is 89.4 Å². The van der Waals surface area contributed by atoms with Gasteiger partial charge in [0.2, 0.25) is 0 Å². The molecule has 0 fully saturated rings. The average Bonchev–Trinajstić information content (AvgIpc) is 2.57. The molecule has 0 nitrogen and oxygen atoms in total. The first-order chi connectivity index (χ1) is 11.4. The van der Waals surface area contributed by atoms with Crippen LogP contribution in [0.3, 0.4) is 0 Å². The van der Waals surface area contributed by atoms with Crippen LogP contribution in [0.5, 0.6) is 0 Å². The third kappa shape index (κ3) is 11.2. The molecule has 3 aromatic rings. The molecule has 0 amide bonds. The molecule has 0 saturated heterocycles. The van der Waals surface area contributed by atoms with Gasteiger partial charge in [-0.3, -0.25) is 0 Å².